The molecule has 102 valence electrons. The second-order valence-electron chi connectivity index (χ2n) is 6.23. The third kappa shape index (κ3) is 3.24. The van der Waals surface area contributed by atoms with Gasteiger partial charge in [-0.25, -0.2) is 4.98 Å². The van der Waals surface area contributed by atoms with E-state index < -0.39 is 0 Å². The van der Waals surface area contributed by atoms with Crippen molar-refractivity contribution in [3.63, 3.8) is 0 Å². The summed E-state index contributed by atoms with van der Waals surface area (Å²) in [7, 11) is 2.05. The number of rotatable bonds is 3. The van der Waals surface area contributed by atoms with Crippen LogP contribution >= 0.6 is 0 Å². The molecule has 19 heavy (non-hydrogen) atoms. The van der Waals surface area contributed by atoms with Gasteiger partial charge in [0.15, 0.2) is 0 Å². The SMILES string of the molecule is CN(CC(C)(C)C)c1cc(CO)c2ccccc2n1. The van der Waals surface area contributed by atoms with Gasteiger partial charge < -0.3 is 10.0 Å². The van der Waals surface area contributed by atoms with E-state index in [1.807, 2.05) is 37.4 Å². The zero-order valence-electron chi connectivity index (χ0n) is 12.1. The lowest BCUT2D eigenvalue weighted by Crippen LogP contribution is -2.29. The summed E-state index contributed by atoms with van der Waals surface area (Å²) < 4.78 is 0. The summed E-state index contributed by atoms with van der Waals surface area (Å²) >= 11 is 0. The van der Waals surface area contributed by atoms with Gasteiger partial charge in [-0.15, -0.1) is 0 Å². The van der Waals surface area contributed by atoms with Gasteiger partial charge in [0.05, 0.1) is 12.1 Å². The van der Waals surface area contributed by atoms with Crippen LogP contribution in [0.3, 0.4) is 0 Å². The summed E-state index contributed by atoms with van der Waals surface area (Å²) in [5.41, 5.74) is 2.08. The largest absolute Gasteiger partial charge is 0.392 e. The fourth-order valence-electron chi connectivity index (χ4n) is 2.35. The fourth-order valence-corrected chi connectivity index (χ4v) is 2.35. The van der Waals surface area contributed by atoms with Crippen LogP contribution in [0.5, 0.6) is 0 Å². The monoisotopic (exact) mass is 258 g/mol. The van der Waals surface area contributed by atoms with Crippen molar-refractivity contribution < 1.29 is 5.11 Å². The van der Waals surface area contributed by atoms with Crippen LogP contribution in [0.15, 0.2) is 30.3 Å². The van der Waals surface area contributed by atoms with Crippen LogP contribution in [0.4, 0.5) is 5.82 Å². The number of fused-ring (bicyclic) bond motifs is 1. The molecule has 0 bridgehead atoms. The first-order valence-corrected chi connectivity index (χ1v) is 6.61. The Bertz CT molecular complexity index is 572. The predicted molar refractivity (Wildman–Crippen MR) is 80.4 cm³/mol. The first-order valence-electron chi connectivity index (χ1n) is 6.61. The number of benzene rings is 1. The maximum absolute atomic E-state index is 9.53. The Morgan fingerprint density at radius 3 is 2.53 bits per heavy atom. The van der Waals surface area contributed by atoms with Crippen LogP contribution in [0, 0.1) is 5.41 Å². The first-order chi connectivity index (χ1) is 8.90. The maximum atomic E-state index is 9.53. The van der Waals surface area contributed by atoms with E-state index in [1.165, 1.54) is 0 Å². The molecule has 1 aromatic heterocycles. The molecule has 0 radical (unpaired) electrons. The predicted octanol–water partition coefficient (Wildman–Crippen LogP) is 3.21. The lowest BCUT2D eigenvalue weighted by atomic mass is 9.96. The molecule has 2 aromatic rings. The van der Waals surface area contributed by atoms with Crippen molar-refractivity contribution in [3.05, 3.63) is 35.9 Å². The van der Waals surface area contributed by atoms with Gasteiger partial charge in [0.1, 0.15) is 5.82 Å². The van der Waals surface area contributed by atoms with Crippen LogP contribution in [-0.4, -0.2) is 23.7 Å². The van der Waals surface area contributed by atoms with Gasteiger partial charge >= 0.3 is 0 Å². The molecule has 2 rings (SSSR count). The van der Waals surface area contributed by atoms with E-state index in [1.54, 1.807) is 0 Å². The first kappa shape index (κ1) is 13.8. The topological polar surface area (TPSA) is 36.4 Å². The highest BCUT2D eigenvalue weighted by Crippen LogP contribution is 2.24. The molecule has 1 N–H and O–H groups in total. The minimum absolute atomic E-state index is 0.0411. The molecule has 3 heteroatoms. The Kier molecular flexibility index (Phi) is 3.76. The molecule has 0 spiro atoms. The number of para-hydroxylation sites is 1. The van der Waals surface area contributed by atoms with Crippen molar-refractivity contribution in [2.45, 2.75) is 27.4 Å². The van der Waals surface area contributed by atoms with Crippen molar-refractivity contribution >= 4 is 16.7 Å². The molecule has 1 heterocycles. The van der Waals surface area contributed by atoms with Gasteiger partial charge in [0, 0.05) is 19.0 Å². The van der Waals surface area contributed by atoms with Crippen LogP contribution < -0.4 is 4.90 Å². The van der Waals surface area contributed by atoms with Crippen LogP contribution in [0.25, 0.3) is 10.9 Å². The second kappa shape index (κ2) is 5.17. The summed E-state index contributed by atoms with van der Waals surface area (Å²) in [5, 5.41) is 10.6. The quantitative estimate of drug-likeness (QED) is 0.918. The molecule has 0 atom stereocenters. The van der Waals surface area contributed by atoms with Gasteiger partial charge in [-0.3, -0.25) is 0 Å². The number of nitrogens with zero attached hydrogens (tertiary/aromatic N) is 2. The Hall–Kier alpha value is -1.61. The lowest BCUT2D eigenvalue weighted by molar-refractivity contribution is 0.283. The molecule has 1 aromatic carbocycles. The average Bonchev–Trinajstić information content (AvgIpc) is 2.35. The number of aliphatic hydroxyl groups is 1. The second-order valence-corrected chi connectivity index (χ2v) is 6.23. The zero-order chi connectivity index (χ0) is 14.0. The van der Waals surface area contributed by atoms with Gasteiger partial charge in [0.2, 0.25) is 0 Å². The molecule has 0 amide bonds. The summed E-state index contributed by atoms with van der Waals surface area (Å²) in [6, 6.07) is 9.92. The number of pyridine rings is 1. The van der Waals surface area contributed by atoms with Crippen molar-refractivity contribution in [1.29, 1.82) is 0 Å². The third-order valence-corrected chi connectivity index (χ3v) is 3.06. The van der Waals surface area contributed by atoms with E-state index in [9.17, 15) is 5.11 Å². The Morgan fingerprint density at radius 2 is 1.89 bits per heavy atom. The van der Waals surface area contributed by atoms with E-state index in [-0.39, 0.29) is 12.0 Å². The van der Waals surface area contributed by atoms with Crippen molar-refractivity contribution in [1.82, 2.24) is 4.98 Å². The standard InChI is InChI=1S/C16H22N2O/c1-16(2,3)11-18(4)15-9-12(10-19)13-7-5-6-8-14(13)17-15/h5-9,19H,10-11H2,1-4H3. The van der Waals surface area contributed by atoms with Crippen molar-refractivity contribution in [3.8, 4) is 0 Å². The molecule has 0 aliphatic carbocycles. The highest BCUT2D eigenvalue weighted by molar-refractivity contribution is 5.84. The molecular weight excluding hydrogens is 236 g/mol. The van der Waals surface area contributed by atoms with Crippen molar-refractivity contribution in [2.75, 3.05) is 18.5 Å². The van der Waals surface area contributed by atoms with E-state index in [2.05, 4.69) is 30.7 Å². The molecule has 0 saturated carbocycles. The van der Waals surface area contributed by atoms with Crippen LogP contribution in [0.1, 0.15) is 26.3 Å². The lowest BCUT2D eigenvalue weighted by Gasteiger charge is -2.28. The van der Waals surface area contributed by atoms with E-state index in [0.717, 1.165) is 28.8 Å². The Balaban J connectivity index is 2.44. The molecule has 0 aliphatic heterocycles. The minimum atomic E-state index is 0.0411. The Morgan fingerprint density at radius 1 is 1.21 bits per heavy atom. The molecule has 0 saturated heterocycles. The van der Waals surface area contributed by atoms with Crippen LogP contribution in [-0.2, 0) is 6.61 Å². The molecular formula is C16H22N2O. The summed E-state index contributed by atoms with van der Waals surface area (Å²) in [6.07, 6.45) is 0. The van der Waals surface area contributed by atoms with E-state index in [0.29, 0.717) is 0 Å². The van der Waals surface area contributed by atoms with Crippen LogP contribution in [0.2, 0.25) is 0 Å². The molecule has 0 aliphatic rings. The van der Waals surface area contributed by atoms with E-state index >= 15 is 0 Å². The smallest absolute Gasteiger partial charge is 0.129 e. The number of hydrogen-bond acceptors (Lipinski definition) is 3. The maximum Gasteiger partial charge on any atom is 0.129 e. The van der Waals surface area contributed by atoms with Gasteiger partial charge in [0.25, 0.3) is 0 Å². The summed E-state index contributed by atoms with van der Waals surface area (Å²) in [6.45, 7) is 7.58. The number of hydrogen-bond donors (Lipinski definition) is 1. The molecule has 0 unspecified atom stereocenters. The fraction of sp³-hybridized carbons (Fsp3) is 0.438. The molecule has 0 fully saturated rings. The van der Waals surface area contributed by atoms with E-state index in [4.69, 9.17) is 0 Å². The number of aliphatic hydroxyl groups excluding tert-OH is 1. The average molecular weight is 258 g/mol. The van der Waals surface area contributed by atoms with Gasteiger partial charge in [-0.05, 0) is 23.1 Å². The zero-order valence-corrected chi connectivity index (χ0v) is 12.1. The normalized spacial score (nSPS) is 11.8. The molecule has 3 nitrogen and oxygen atoms in total. The number of anilines is 1. The summed E-state index contributed by atoms with van der Waals surface area (Å²) in [5.74, 6) is 0.915. The van der Waals surface area contributed by atoms with Gasteiger partial charge in [-0.1, -0.05) is 39.0 Å². The highest BCUT2D eigenvalue weighted by Gasteiger charge is 2.16. The summed E-state index contributed by atoms with van der Waals surface area (Å²) in [4.78, 5) is 6.83. The highest BCUT2D eigenvalue weighted by atomic mass is 16.3. The number of aromatic nitrogens is 1. The van der Waals surface area contributed by atoms with Gasteiger partial charge in [-0.2, -0.15) is 0 Å². The third-order valence-electron chi connectivity index (χ3n) is 3.06. The van der Waals surface area contributed by atoms with Crippen molar-refractivity contribution in [2.24, 2.45) is 5.41 Å². The minimum Gasteiger partial charge on any atom is -0.392 e. The Labute approximate surface area is 114 Å².